The summed E-state index contributed by atoms with van der Waals surface area (Å²) in [5, 5.41) is 21.1. The van der Waals surface area contributed by atoms with E-state index in [4.69, 9.17) is 23.5 Å². The first-order valence-corrected chi connectivity index (χ1v) is 18.2. The number of carbonyl (C=O) groups excluding carboxylic acids is 3. The van der Waals surface area contributed by atoms with Gasteiger partial charge in [0, 0.05) is 51.5 Å². The van der Waals surface area contributed by atoms with E-state index in [2.05, 4.69) is 33.1 Å². The van der Waals surface area contributed by atoms with Crippen molar-refractivity contribution < 1.29 is 33.1 Å². The Morgan fingerprint density at radius 3 is 2.61 bits per heavy atom. The van der Waals surface area contributed by atoms with Crippen LogP contribution in [0.3, 0.4) is 0 Å². The number of nitrogens with one attached hydrogen (secondary N) is 4. The van der Waals surface area contributed by atoms with Crippen molar-refractivity contribution in [1.82, 2.24) is 25.6 Å². The predicted molar refractivity (Wildman–Crippen MR) is 197 cm³/mol. The van der Waals surface area contributed by atoms with Crippen molar-refractivity contribution in [2.24, 2.45) is 11.8 Å². The van der Waals surface area contributed by atoms with Gasteiger partial charge in [-0.2, -0.15) is 0 Å². The Hall–Kier alpha value is -6.21. The van der Waals surface area contributed by atoms with E-state index >= 15 is 0 Å². The Labute approximate surface area is 308 Å². The number of aldehydes is 1. The summed E-state index contributed by atoms with van der Waals surface area (Å²) >= 11 is 0. The summed E-state index contributed by atoms with van der Waals surface area (Å²) in [6, 6.07) is 16.0. The van der Waals surface area contributed by atoms with Gasteiger partial charge in [0.05, 0.1) is 0 Å². The standard InChI is InChI=1S/C41H36N6O7/c1-17(2)30-38-46-32-35(54-38)41-23-9-5-8-21(20-7-6-10-25-29(20)22(15-42-25)34-27(16-48)44-39(32)53-34)31(23)47-40(41)52-28-12-11-19(13-24(28)41)14-26(36(50)45-30)43-37(51)33(49)18(3)4/h5-13,15-18,26,30,33,40,42,47,49H,14H2,1-4H3,(H,43,51)(H,45,50)/t26-,30-,33-,40?,41?/m0/s1. The number of amides is 2. The molecule has 7 heterocycles. The maximum absolute atomic E-state index is 14.2. The maximum Gasteiger partial charge on any atom is 0.250 e. The van der Waals surface area contributed by atoms with Crippen LogP contribution in [-0.2, 0) is 21.4 Å². The van der Waals surface area contributed by atoms with Gasteiger partial charge in [0.2, 0.25) is 23.6 Å². The van der Waals surface area contributed by atoms with E-state index < -0.39 is 41.6 Å². The fraction of sp³-hybridized carbons (Fsp3) is 0.293. The molecular weight excluding hydrogens is 688 g/mol. The summed E-state index contributed by atoms with van der Waals surface area (Å²) < 4.78 is 20.4. The number of para-hydroxylation sites is 1. The predicted octanol–water partition coefficient (Wildman–Crippen LogP) is 5.62. The molecular formula is C41H36N6O7. The lowest BCUT2D eigenvalue weighted by molar-refractivity contribution is -0.135. The van der Waals surface area contributed by atoms with E-state index in [9.17, 15) is 19.5 Å². The molecule has 5 N–H and O–H groups in total. The zero-order valence-corrected chi connectivity index (χ0v) is 29.8. The topological polar surface area (TPSA) is 185 Å². The van der Waals surface area contributed by atoms with Gasteiger partial charge < -0.3 is 39.6 Å². The van der Waals surface area contributed by atoms with Crippen LogP contribution < -0.4 is 20.7 Å². The highest BCUT2D eigenvalue weighted by Gasteiger charge is 2.61. The van der Waals surface area contributed by atoms with Crippen LogP contribution in [0.2, 0.25) is 0 Å². The van der Waals surface area contributed by atoms with Crippen molar-refractivity contribution in [3.05, 3.63) is 94.8 Å². The van der Waals surface area contributed by atoms with Crippen LogP contribution in [-0.4, -0.2) is 56.5 Å². The molecule has 3 aromatic carbocycles. The second-order valence-electron chi connectivity index (χ2n) is 15.2. The van der Waals surface area contributed by atoms with E-state index in [1.807, 2.05) is 62.5 Å². The van der Waals surface area contributed by atoms with Crippen LogP contribution in [0, 0.1) is 11.8 Å². The lowest BCUT2D eigenvalue weighted by Crippen LogP contribution is -2.52. The number of rotatable bonds is 5. The highest BCUT2D eigenvalue weighted by molar-refractivity contribution is 6.09. The molecule has 54 heavy (non-hydrogen) atoms. The van der Waals surface area contributed by atoms with Crippen molar-refractivity contribution in [1.29, 1.82) is 0 Å². The fourth-order valence-corrected chi connectivity index (χ4v) is 8.60. The third-order valence-electron chi connectivity index (χ3n) is 11.3. The molecule has 0 saturated heterocycles. The largest absolute Gasteiger partial charge is 0.469 e. The normalized spacial score (nSPS) is 22.1. The first-order valence-electron chi connectivity index (χ1n) is 18.2. The molecule has 0 radical (unpaired) electrons. The van der Waals surface area contributed by atoms with Gasteiger partial charge in [-0.15, -0.1) is 0 Å². The zero-order valence-electron chi connectivity index (χ0n) is 29.8. The number of fused-ring (bicyclic) bond motifs is 7. The lowest BCUT2D eigenvalue weighted by atomic mass is 9.72. The highest BCUT2D eigenvalue weighted by atomic mass is 16.5. The Bertz CT molecular complexity index is 2580. The van der Waals surface area contributed by atoms with Gasteiger partial charge >= 0.3 is 0 Å². The van der Waals surface area contributed by atoms with Crippen LogP contribution in [0.4, 0.5) is 5.69 Å². The number of aromatic amines is 1. The molecule has 2 unspecified atom stereocenters. The molecule has 6 aromatic rings. The van der Waals surface area contributed by atoms with Crippen LogP contribution in [0.15, 0.2) is 69.6 Å². The maximum atomic E-state index is 14.2. The third kappa shape index (κ3) is 4.32. The number of H-pyrrole nitrogens is 1. The van der Waals surface area contributed by atoms with Crippen molar-refractivity contribution in [2.75, 3.05) is 5.32 Å². The highest BCUT2D eigenvalue weighted by Crippen LogP contribution is 2.61. The summed E-state index contributed by atoms with van der Waals surface area (Å²) in [6.07, 6.45) is 0.601. The van der Waals surface area contributed by atoms with E-state index in [0.29, 0.717) is 23.4 Å². The minimum Gasteiger partial charge on any atom is -0.469 e. The number of hydrogen-bond donors (Lipinski definition) is 5. The lowest BCUT2D eigenvalue weighted by Gasteiger charge is -2.29. The van der Waals surface area contributed by atoms with E-state index in [-0.39, 0.29) is 47.2 Å². The SMILES string of the molecule is CC(C)[C@H](O)C(=O)N[C@H]1Cc2ccc3c(c2)C24c5cccc(c5NC2O3)-c2cccc3[nH]cc(c23)-c2oc(nc2C=O)-c2nc(oc24)[C@H](C(C)C)NC1=O. The first kappa shape index (κ1) is 32.4. The van der Waals surface area contributed by atoms with E-state index in [0.717, 1.165) is 44.4 Å². The number of oxazole rings is 2. The van der Waals surface area contributed by atoms with Gasteiger partial charge in [0.25, 0.3) is 0 Å². The molecule has 13 heteroatoms. The average molecular weight is 725 g/mol. The molecule has 13 nitrogen and oxygen atoms in total. The number of hydrogen-bond acceptors (Lipinski definition) is 10. The molecule has 2 amide bonds. The average Bonchev–Trinajstić information content (AvgIpc) is 3.98. The number of aliphatic hydroxyl groups is 1. The summed E-state index contributed by atoms with van der Waals surface area (Å²) in [7, 11) is 0. The van der Waals surface area contributed by atoms with Crippen LogP contribution in [0.5, 0.6) is 5.75 Å². The zero-order chi connectivity index (χ0) is 37.2. The number of carbonyl (C=O) groups is 3. The molecule has 0 aliphatic carbocycles. The molecule has 10 bridgehead atoms. The van der Waals surface area contributed by atoms with Gasteiger partial charge in [0.15, 0.2) is 35.4 Å². The molecule has 1 spiro atoms. The summed E-state index contributed by atoms with van der Waals surface area (Å²) in [6.45, 7) is 7.33. The number of nitrogens with zero attached hydrogens (tertiary/aromatic N) is 2. The minimum atomic E-state index is -1.30. The Balaban J connectivity index is 1.30. The summed E-state index contributed by atoms with van der Waals surface area (Å²) in [5.74, 6) is -0.181. The Kier molecular flexibility index (Phi) is 6.85. The monoisotopic (exact) mass is 724 g/mol. The van der Waals surface area contributed by atoms with Crippen LogP contribution >= 0.6 is 0 Å². The van der Waals surface area contributed by atoms with Gasteiger partial charge in [-0.05, 0) is 35.1 Å². The van der Waals surface area contributed by atoms with Crippen molar-refractivity contribution in [3.63, 3.8) is 0 Å². The molecule has 0 saturated carbocycles. The quantitative estimate of drug-likeness (QED) is 0.140. The van der Waals surface area contributed by atoms with E-state index in [1.54, 1.807) is 13.8 Å². The fourth-order valence-electron chi connectivity index (χ4n) is 8.60. The number of aromatic nitrogens is 3. The van der Waals surface area contributed by atoms with Crippen LogP contribution in [0.25, 0.3) is 44.9 Å². The first-order chi connectivity index (χ1) is 26.1. The molecule has 0 fully saturated rings. The van der Waals surface area contributed by atoms with Crippen molar-refractivity contribution in [3.8, 4) is 39.8 Å². The molecule has 5 atom stereocenters. The van der Waals surface area contributed by atoms with Gasteiger partial charge in [-0.25, -0.2) is 9.97 Å². The third-order valence-corrected chi connectivity index (χ3v) is 11.3. The second kappa shape index (κ2) is 11.4. The molecule has 10 rings (SSSR count). The molecule has 272 valence electrons. The van der Waals surface area contributed by atoms with Gasteiger partial charge in [-0.3, -0.25) is 14.4 Å². The molecule has 3 aromatic heterocycles. The van der Waals surface area contributed by atoms with Crippen molar-refractivity contribution in [2.45, 2.75) is 63.9 Å². The molecule has 4 aliphatic heterocycles. The summed E-state index contributed by atoms with van der Waals surface area (Å²) in [5.41, 5.74) is 5.75. The number of ether oxygens (including phenoxy) is 1. The number of anilines is 1. The summed E-state index contributed by atoms with van der Waals surface area (Å²) in [4.78, 5) is 53.3. The number of benzene rings is 3. The van der Waals surface area contributed by atoms with E-state index in [1.165, 1.54) is 0 Å². The van der Waals surface area contributed by atoms with Crippen LogP contribution in [0.1, 0.15) is 72.6 Å². The van der Waals surface area contributed by atoms with Gasteiger partial charge in [-0.1, -0.05) is 70.2 Å². The minimum absolute atomic E-state index is 0.0726. The van der Waals surface area contributed by atoms with Crippen molar-refractivity contribution >= 4 is 34.7 Å². The Morgan fingerprint density at radius 1 is 1.00 bits per heavy atom. The van der Waals surface area contributed by atoms with Gasteiger partial charge in [0.1, 0.15) is 29.4 Å². The second-order valence-corrected chi connectivity index (χ2v) is 15.2. The molecule has 4 aliphatic rings. The smallest absolute Gasteiger partial charge is 0.250 e. The number of aliphatic hydroxyl groups excluding tert-OH is 1. The Morgan fingerprint density at radius 2 is 1.81 bits per heavy atom.